The van der Waals surface area contributed by atoms with Gasteiger partial charge < -0.3 is 14.6 Å². The van der Waals surface area contributed by atoms with Crippen molar-refractivity contribution < 1.29 is 24.2 Å². The summed E-state index contributed by atoms with van der Waals surface area (Å²) in [6, 6.07) is 0.988. The van der Waals surface area contributed by atoms with E-state index in [1.54, 1.807) is 0 Å². The van der Waals surface area contributed by atoms with Gasteiger partial charge in [-0.2, -0.15) is 0 Å². The molecule has 0 aromatic heterocycles. The predicted molar refractivity (Wildman–Crippen MR) is 91.1 cm³/mol. The van der Waals surface area contributed by atoms with E-state index >= 15 is 0 Å². The molecule has 7 heteroatoms. The number of carbonyl (C=O) groups is 2. The van der Waals surface area contributed by atoms with Crippen LogP contribution in [-0.2, 0) is 14.0 Å². The lowest BCUT2D eigenvalue weighted by Gasteiger charge is -2.54. The Morgan fingerprint density at radius 1 is 1.27 bits per heavy atom. The van der Waals surface area contributed by atoms with Gasteiger partial charge in [-0.1, -0.05) is 25.9 Å². The lowest BCUT2D eigenvalue weighted by Crippen LogP contribution is -2.68. The van der Waals surface area contributed by atoms with E-state index in [0.717, 1.165) is 18.5 Å². The molecule has 2 atom stereocenters. The van der Waals surface area contributed by atoms with Crippen LogP contribution in [0.1, 0.15) is 33.6 Å². The van der Waals surface area contributed by atoms with Gasteiger partial charge in [0.2, 0.25) is 0 Å². The van der Waals surface area contributed by atoms with Gasteiger partial charge in [-0.15, -0.1) is 0 Å². The molecular weight excluding hydrogens is 316 g/mol. The molecule has 1 aliphatic heterocycles. The summed E-state index contributed by atoms with van der Waals surface area (Å²) >= 11 is 0. The molecule has 0 bridgehead atoms. The minimum Gasteiger partial charge on any atom is -0.478 e. The maximum atomic E-state index is 11.6. The summed E-state index contributed by atoms with van der Waals surface area (Å²) in [5.74, 6) is -2.30. The van der Waals surface area contributed by atoms with E-state index in [4.69, 9.17) is 9.53 Å². The molecule has 5 nitrogen and oxygen atoms in total. The van der Waals surface area contributed by atoms with Gasteiger partial charge in [0.1, 0.15) is 0 Å². The maximum absolute atomic E-state index is 11.6. The first-order chi connectivity index (χ1) is 9.86. The van der Waals surface area contributed by atoms with E-state index < -0.39 is 27.4 Å². The Bertz CT molecular complexity index is 498. The second kappa shape index (κ2) is 6.29. The van der Waals surface area contributed by atoms with E-state index in [-0.39, 0.29) is 16.7 Å². The van der Waals surface area contributed by atoms with E-state index in [1.165, 1.54) is 0 Å². The maximum Gasteiger partial charge on any atom is 0.331 e. The molecule has 1 fully saturated rings. The highest BCUT2D eigenvalue weighted by Crippen LogP contribution is 2.48. The number of rotatable bonds is 5. The highest BCUT2D eigenvalue weighted by Gasteiger charge is 2.57. The first kappa shape index (κ1) is 19.1. The second-order valence-corrected chi connectivity index (χ2v) is 21.8. The van der Waals surface area contributed by atoms with Crippen LogP contribution in [0.25, 0.3) is 0 Å². The first-order valence-corrected chi connectivity index (χ1v) is 14.4. The Balaban J connectivity index is 3.33. The van der Waals surface area contributed by atoms with Gasteiger partial charge in [0, 0.05) is 11.6 Å². The number of carboxylic acids is 2. The molecule has 1 saturated heterocycles. The zero-order chi connectivity index (χ0) is 17.3. The summed E-state index contributed by atoms with van der Waals surface area (Å²) in [5.41, 5.74) is -0.299. The van der Waals surface area contributed by atoms with E-state index in [0.29, 0.717) is 6.42 Å². The highest BCUT2D eigenvalue weighted by atomic mass is 29.3. The summed E-state index contributed by atoms with van der Waals surface area (Å²) in [6.45, 7) is 12.7. The van der Waals surface area contributed by atoms with Crippen molar-refractivity contribution in [2.75, 3.05) is 0 Å². The molecule has 0 spiro atoms. The van der Waals surface area contributed by atoms with Gasteiger partial charge in [0.05, 0.1) is 13.2 Å². The Morgan fingerprint density at radius 2 is 1.82 bits per heavy atom. The lowest BCUT2D eigenvalue weighted by molar-refractivity contribution is -0.135. The second-order valence-electron chi connectivity index (χ2n) is 7.49. The van der Waals surface area contributed by atoms with Crippen molar-refractivity contribution in [3.8, 4) is 0 Å². The van der Waals surface area contributed by atoms with Crippen molar-refractivity contribution in [3.63, 3.8) is 0 Å². The van der Waals surface area contributed by atoms with Crippen molar-refractivity contribution in [3.05, 3.63) is 11.6 Å². The Kier molecular flexibility index (Phi) is 5.47. The zero-order valence-electron chi connectivity index (χ0n) is 14.4. The molecule has 2 N–H and O–H groups in total. The van der Waals surface area contributed by atoms with E-state index in [9.17, 15) is 14.7 Å². The SMILES string of the molecule is CCC(C(=CC(=O)O)C(=O)O)[Si]1(C)CCC(C)(C)O[Si]1(C)C. The molecule has 0 aromatic rings. The number of carboxylic acid groups (broad SMARTS) is 2. The smallest absolute Gasteiger partial charge is 0.331 e. The minimum absolute atomic E-state index is 0.0491. The van der Waals surface area contributed by atoms with Crippen LogP contribution < -0.4 is 0 Å². The number of aliphatic carboxylic acids is 2. The highest BCUT2D eigenvalue weighted by molar-refractivity contribution is 7.39. The Morgan fingerprint density at radius 3 is 2.18 bits per heavy atom. The van der Waals surface area contributed by atoms with Crippen LogP contribution in [-0.4, -0.2) is 43.2 Å². The minimum atomic E-state index is -2.08. The van der Waals surface area contributed by atoms with Crippen molar-refractivity contribution in [2.45, 2.75) is 70.4 Å². The van der Waals surface area contributed by atoms with E-state index in [2.05, 4.69) is 33.5 Å². The molecule has 2 unspecified atom stereocenters. The van der Waals surface area contributed by atoms with Gasteiger partial charge in [-0.05, 0) is 38.9 Å². The van der Waals surface area contributed by atoms with Gasteiger partial charge in [0.15, 0.2) is 7.83 Å². The molecule has 0 radical (unpaired) electrons. The fourth-order valence-corrected chi connectivity index (χ4v) is 17.5. The first-order valence-electron chi connectivity index (χ1n) is 7.74. The van der Waals surface area contributed by atoms with Crippen molar-refractivity contribution in [1.82, 2.24) is 0 Å². The van der Waals surface area contributed by atoms with Gasteiger partial charge in [-0.3, -0.25) is 0 Å². The third kappa shape index (κ3) is 3.69. The summed E-state index contributed by atoms with van der Waals surface area (Å²) in [6.07, 6.45) is 2.44. The predicted octanol–water partition coefficient (Wildman–Crippen LogP) is 3.42. The molecule has 0 aliphatic carbocycles. The quantitative estimate of drug-likeness (QED) is 0.590. The fraction of sp³-hybridized carbons (Fsp3) is 0.733. The van der Waals surface area contributed by atoms with Crippen LogP contribution in [0.3, 0.4) is 0 Å². The summed E-state index contributed by atoms with van der Waals surface area (Å²) < 4.78 is 6.43. The van der Waals surface area contributed by atoms with Crippen LogP contribution in [0.2, 0.25) is 31.2 Å². The summed E-state index contributed by atoms with van der Waals surface area (Å²) in [5, 5.41) is 18.5. The molecule has 0 amide bonds. The Labute approximate surface area is 134 Å². The number of hydrogen-bond acceptors (Lipinski definition) is 3. The summed E-state index contributed by atoms with van der Waals surface area (Å²) in [7, 11) is -4.15. The zero-order valence-corrected chi connectivity index (χ0v) is 16.4. The standard InChI is InChI=1S/C15H28O5Si2/c1-7-12(11(14(18)19)10-13(16)17)22(6)9-8-15(2,3)20-21(22,4)5/h10,12H,7-9H2,1-6H3,(H,16,17)(H,18,19). The average Bonchev–Trinajstić information content (AvgIpc) is 2.32. The number of hydrogen-bond donors (Lipinski definition) is 2. The molecule has 1 heterocycles. The fourth-order valence-electron chi connectivity index (χ4n) is 3.77. The van der Waals surface area contributed by atoms with Crippen molar-refractivity contribution in [1.29, 1.82) is 0 Å². The average molecular weight is 345 g/mol. The van der Waals surface area contributed by atoms with Crippen LogP contribution in [0.15, 0.2) is 11.6 Å². The van der Waals surface area contributed by atoms with Crippen LogP contribution in [0.5, 0.6) is 0 Å². The monoisotopic (exact) mass is 344 g/mol. The van der Waals surface area contributed by atoms with Crippen molar-refractivity contribution >= 4 is 27.4 Å². The van der Waals surface area contributed by atoms with Crippen LogP contribution >= 0.6 is 0 Å². The van der Waals surface area contributed by atoms with Gasteiger partial charge in [0.25, 0.3) is 0 Å². The van der Waals surface area contributed by atoms with Gasteiger partial charge >= 0.3 is 11.9 Å². The van der Waals surface area contributed by atoms with Crippen LogP contribution in [0, 0.1) is 0 Å². The third-order valence-electron chi connectivity index (χ3n) is 5.23. The molecular formula is C15H28O5Si2. The largest absolute Gasteiger partial charge is 0.478 e. The van der Waals surface area contributed by atoms with Crippen molar-refractivity contribution in [2.24, 2.45) is 0 Å². The Hall–Kier alpha value is -0.926. The molecule has 126 valence electrons. The normalized spacial score (nSPS) is 28.9. The third-order valence-corrected chi connectivity index (χ3v) is 22.9. The van der Waals surface area contributed by atoms with Gasteiger partial charge in [-0.25, -0.2) is 9.59 Å². The molecule has 22 heavy (non-hydrogen) atoms. The molecule has 0 saturated carbocycles. The molecule has 1 aliphatic rings. The summed E-state index contributed by atoms with van der Waals surface area (Å²) in [4.78, 5) is 22.7. The topological polar surface area (TPSA) is 83.8 Å². The van der Waals surface area contributed by atoms with E-state index in [1.807, 2.05) is 6.92 Å². The lowest BCUT2D eigenvalue weighted by atomic mass is 10.1. The molecule has 0 aromatic carbocycles. The van der Waals surface area contributed by atoms with Crippen LogP contribution in [0.4, 0.5) is 0 Å². The molecule has 1 rings (SSSR count).